The highest BCUT2D eigenvalue weighted by Crippen LogP contribution is 2.47. The lowest BCUT2D eigenvalue weighted by molar-refractivity contribution is -0.137. The number of benzene rings is 6. The van der Waals surface area contributed by atoms with Crippen molar-refractivity contribution in [3.63, 3.8) is 0 Å². The Morgan fingerprint density at radius 3 is 2.10 bits per heavy atom. The minimum absolute atomic E-state index is 0.00848. The monoisotopic (exact) mass is 847 g/mol. The van der Waals surface area contributed by atoms with Gasteiger partial charge in [-0.25, -0.2) is 0 Å². The summed E-state index contributed by atoms with van der Waals surface area (Å²) >= 11 is 9.09. The smallest absolute Gasteiger partial charge is 0.323 e. The van der Waals surface area contributed by atoms with Gasteiger partial charge in [0.05, 0.1) is 13.9 Å². The Bertz CT molecular complexity index is 3430. The number of anilines is 2. The zero-order valence-electron chi connectivity index (χ0n) is 32.2. The first-order valence-corrected chi connectivity index (χ1v) is 22.5. The lowest BCUT2D eigenvalue weighted by atomic mass is 9.96. The molecule has 0 fully saturated rings. The Morgan fingerprint density at radius 1 is 0.746 bits per heavy atom. The fourth-order valence-corrected chi connectivity index (χ4v) is 12.5. The van der Waals surface area contributed by atoms with Gasteiger partial charge in [-0.1, -0.05) is 48.5 Å². The summed E-state index contributed by atoms with van der Waals surface area (Å²) in [6.07, 6.45) is 3.80. The molecule has 0 atom stereocenters. The van der Waals surface area contributed by atoms with Gasteiger partial charge in [0, 0.05) is 44.6 Å². The van der Waals surface area contributed by atoms with E-state index in [2.05, 4.69) is 127 Å². The number of fused-ring (bicyclic) bond motifs is 9. The molecule has 7 nitrogen and oxygen atoms in total. The average Bonchev–Trinajstić information content (AvgIpc) is 3.82. The second-order valence-corrected chi connectivity index (χ2v) is 18.4. The topological polar surface area (TPSA) is 91.6 Å². The van der Waals surface area contributed by atoms with Crippen LogP contribution in [-0.2, 0) is 29.0 Å². The van der Waals surface area contributed by atoms with Crippen LogP contribution in [0.25, 0.3) is 73.2 Å². The molecule has 3 aromatic heterocycles. The summed E-state index contributed by atoms with van der Waals surface area (Å²) in [5.74, 6) is -1.64. The van der Waals surface area contributed by atoms with Crippen LogP contribution in [0.1, 0.15) is 30.5 Å². The van der Waals surface area contributed by atoms with Gasteiger partial charge in [-0.05, 0) is 137 Å². The average molecular weight is 848 g/mol. The van der Waals surface area contributed by atoms with E-state index in [9.17, 15) is 19.5 Å². The molecule has 9 aromatic rings. The summed E-state index contributed by atoms with van der Waals surface area (Å²) in [7, 11) is 0. The lowest BCUT2D eigenvalue weighted by Gasteiger charge is -2.25. The maximum Gasteiger partial charge on any atom is 0.323 e. The molecular weight excluding hydrogens is 811 g/mol. The number of thiazole rings is 1. The van der Waals surface area contributed by atoms with E-state index in [1.165, 1.54) is 74.0 Å². The van der Waals surface area contributed by atoms with Crippen molar-refractivity contribution in [2.75, 3.05) is 18.0 Å². The van der Waals surface area contributed by atoms with E-state index in [-0.39, 0.29) is 9.57 Å². The van der Waals surface area contributed by atoms with Crippen LogP contribution in [0.2, 0.25) is 0 Å². The molecule has 0 bridgehead atoms. The van der Waals surface area contributed by atoms with Crippen LogP contribution in [0.15, 0.2) is 108 Å². The zero-order valence-corrected chi connectivity index (χ0v) is 35.5. The molecule has 4 heterocycles. The van der Waals surface area contributed by atoms with E-state index < -0.39 is 24.0 Å². The fourth-order valence-electron chi connectivity index (χ4n) is 8.45. The number of amides is 1. The normalized spacial score (nSPS) is 13.7. The highest BCUT2D eigenvalue weighted by Gasteiger charge is 2.21. The Morgan fingerprint density at radius 2 is 1.39 bits per heavy atom. The molecule has 59 heavy (non-hydrogen) atoms. The number of rotatable bonds is 7. The Hall–Kier alpha value is -5.72. The van der Waals surface area contributed by atoms with E-state index in [0.29, 0.717) is 11.1 Å². The molecule has 1 aliphatic rings. The highest BCUT2D eigenvalue weighted by molar-refractivity contribution is 7.91. The minimum Gasteiger partial charge on any atom is -0.480 e. The summed E-state index contributed by atoms with van der Waals surface area (Å²) in [5, 5.41) is 19.2. The fraction of sp³-hybridized carbons (Fsp3) is 0.146. The Kier molecular flexibility index (Phi) is 9.44. The van der Waals surface area contributed by atoms with Crippen molar-refractivity contribution in [1.82, 2.24) is 9.88 Å². The quantitative estimate of drug-likeness (QED) is 0.139. The van der Waals surface area contributed by atoms with Crippen LogP contribution in [-0.4, -0.2) is 34.6 Å². The molecule has 0 unspecified atom stereocenters. The molecule has 1 amide bonds. The summed E-state index contributed by atoms with van der Waals surface area (Å²) in [4.78, 5) is 40.1. The number of thiophene rings is 2. The number of nitrogens with one attached hydrogen (secondary N) is 1. The molecule has 10 rings (SSSR count). The summed E-state index contributed by atoms with van der Waals surface area (Å²) in [5.41, 5.74) is 8.19. The summed E-state index contributed by atoms with van der Waals surface area (Å²) in [6.45, 7) is 4.74. The first kappa shape index (κ1) is 37.5. The number of hydrogen-bond donors (Lipinski definition) is 3. The van der Waals surface area contributed by atoms with Gasteiger partial charge in [0.15, 0.2) is 0 Å². The van der Waals surface area contributed by atoms with Crippen molar-refractivity contribution < 1.29 is 14.7 Å². The van der Waals surface area contributed by atoms with Crippen LogP contribution in [0.3, 0.4) is 0 Å². The van der Waals surface area contributed by atoms with Gasteiger partial charge >= 0.3 is 5.97 Å². The number of aliphatic carboxylic acids is 1. The van der Waals surface area contributed by atoms with Crippen LogP contribution in [0.4, 0.5) is 11.4 Å². The first-order valence-electron chi connectivity index (χ1n) is 19.6. The number of hydrogen-bond acceptors (Lipinski definition) is 8. The van der Waals surface area contributed by atoms with Gasteiger partial charge in [0.25, 0.3) is 11.5 Å². The third-order valence-electron chi connectivity index (χ3n) is 11.2. The van der Waals surface area contributed by atoms with Gasteiger partial charge in [-0.2, -0.15) is 0 Å². The predicted molar refractivity (Wildman–Crippen MR) is 252 cm³/mol. The predicted octanol–water partition coefficient (Wildman–Crippen LogP) is 9.81. The van der Waals surface area contributed by atoms with E-state index in [0.717, 1.165) is 51.6 Å². The molecule has 2 N–H and O–H groups in total. The zero-order chi connectivity index (χ0) is 40.5. The number of thiol groups is 1. The van der Waals surface area contributed by atoms with E-state index in [1.807, 2.05) is 28.7 Å². The number of aromatic nitrogens is 1. The number of aryl methyl sites for hydroxylation is 2. The van der Waals surface area contributed by atoms with Crippen LogP contribution in [0, 0.1) is 0 Å². The number of carbonyl (C=O) groups is 2. The maximum absolute atomic E-state index is 13.4. The number of nitrogens with zero attached hydrogens (tertiary/aromatic N) is 2. The molecule has 292 valence electrons. The summed E-state index contributed by atoms with van der Waals surface area (Å²) < 4.78 is 6.67. The number of para-hydroxylation sites is 1. The van der Waals surface area contributed by atoms with Gasteiger partial charge < -0.3 is 15.3 Å². The van der Waals surface area contributed by atoms with Crippen molar-refractivity contribution in [1.29, 1.82) is 0 Å². The standard InChI is InChI=1S/C48H37N3O4S4/c1-3-49-46(54)43(56)48-51(25-42(52)53)47(55)41(59-48)18-26-9-10-30-23-39-35(21-33(30)17-26)44-45(57-39)36-22-34-20-28(12-13-31(34)24-40(36)58-44)29-15-16-38-32(19-29)14-11-27-7-5-6-8-37(27)50(38)4-2/h5-10,12-13,15-24,56H,3-4,11,14,25H2,1-2H3,(H,49,54)(H,52,53)/b41-18+,48-43+. The lowest BCUT2D eigenvalue weighted by Crippen LogP contribution is -2.36. The number of carboxylic acids is 1. The molecule has 0 saturated heterocycles. The van der Waals surface area contributed by atoms with Crippen molar-refractivity contribution in [2.24, 2.45) is 0 Å². The van der Waals surface area contributed by atoms with E-state index in [1.54, 1.807) is 13.0 Å². The minimum atomic E-state index is -1.18. The van der Waals surface area contributed by atoms with Crippen molar-refractivity contribution >= 4 is 132 Å². The van der Waals surface area contributed by atoms with E-state index >= 15 is 0 Å². The third kappa shape index (κ3) is 6.53. The number of carboxylic acid groups (broad SMARTS) is 1. The van der Waals surface area contributed by atoms with Gasteiger partial charge in [-0.3, -0.25) is 19.0 Å². The molecule has 11 heteroatoms. The van der Waals surface area contributed by atoms with E-state index in [4.69, 9.17) is 0 Å². The SMILES string of the molecule is CCNC(=O)/C(S)=c1\s/c(=C/c2ccc3cc4sc5c6cc7cc(-c8ccc9c(c8)CCc8ccccc8N9CC)ccc7cc6sc5c4cc3c2)c(=O)n1CC(=O)O. The Balaban J connectivity index is 1.03. The second-order valence-electron chi connectivity index (χ2n) is 14.9. The second kappa shape index (κ2) is 14.8. The van der Waals surface area contributed by atoms with Crippen LogP contribution in [0.5, 0.6) is 0 Å². The van der Waals surface area contributed by atoms with Gasteiger partial charge in [0.1, 0.15) is 16.1 Å². The van der Waals surface area contributed by atoms with Crippen molar-refractivity contribution in [3.8, 4) is 11.1 Å². The Labute approximate surface area is 356 Å². The van der Waals surface area contributed by atoms with Crippen LogP contribution < -0.4 is 25.0 Å². The molecule has 6 aromatic carbocycles. The number of carbonyl (C=O) groups excluding carboxylic acids is 1. The van der Waals surface area contributed by atoms with Gasteiger partial charge in [-0.15, -0.1) is 46.6 Å². The maximum atomic E-state index is 13.4. The molecule has 0 radical (unpaired) electrons. The van der Waals surface area contributed by atoms with Crippen LogP contribution >= 0.6 is 46.6 Å². The summed E-state index contributed by atoms with van der Waals surface area (Å²) in [6, 6.07) is 37.8. The molecule has 0 aliphatic carbocycles. The largest absolute Gasteiger partial charge is 0.480 e. The first-order chi connectivity index (χ1) is 28.7. The molecule has 0 spiro atoms. The third-order valence-corrected chi connectivity index (χ3v) is 15.4. The molecule has 1 aliphatic heterocycles. The molecule has 0 saturated carbocycles. The molecular formula is C48H37N3O4S4. The van der Waals surface area contributed by atoms with Crippen molar-refractivity contribution in [3.05, 3.63) is 139 Å². The van der Waals surface area contributed by atoms with Crippen molar-refractivity contribution in [2.45, 2.75) is 33.2 Å². The highest BCUT2D eigenvalue weighted by atomic mass is 32.1. The van der Waals surface area contributed by atoms with Gasteiger partial charge in [0.2, 0.25) is 0 Å².